The summed E-state index contributed by atoms with van der Waals surface area (Å²) < 4.78 is 0. The minimum absolute atomic E-state index is 0. The number of hydroxylamine groups is 1. The zero-order valence-electron chi connectivity index (χ0n) is 5.47. The molecule has 0 aliphatic carbocycles. The Bertz CT molecular complexity index is 39.9. The first-order valence-corrected chi connectivity index (χ1v) is 2.99. The van der Waals surface area contributed by atoms with Crippen LogP contribution in [0, 0.1) is 0 Å². The van der Waals surface area contributed by atoms with E-state index in [0.29, 0.717) is 6.54 Å². The Morgan fingerprint density at radius 2 is 1.89 bits per heavy atom. The van der Waals surface area contributed by atoms with Crippen LogP contribution in [0.1, 0.15) is 19.3 Å². The molecule has 0 aliphatic heterocycles. The lowest BCUT2D eigenvalue weighted by atomic mass is 10.2. The van der Waals surface area contributed by atoms with Gasteiger partial charge in [0.05, 0.1) is 0 Å². The maximum Gasteiger partial charge on any atom is 0.0207 e. The van der Waals surface area contributed by atoms with E-state index in [1.165, 1.54) is 0 Å². The molecule has 58 valence electrons. The van der Waals surface area contributed by atoms with Crippen molar-refractivity contribution in [3.05, 3.63) is 0 Å². The number of nitrogens with two attached hydrogens (primary N) is 1. The molecule has 0 radical (unpaired) electrons. The second-order valence-electron chi connectivity index (χ2n) is 1.76. The number of hydrogen-bond donors (Lipinski definition) is 3. The first kappa shape index (κ1) is 11.9. The van der Waals surface area contributed by atoms with Gasteiger partial charge >= 0.3 is 0 Å². The summed E-state index contributed by atoms with van der Waals surface area (Å²) in [5.41, 5.74) is 7.31. The summed E-state index contributed by atoms with van der Waals surface area (Å²) in [6, 6.07) is 0. The molecular formula is C5H15ClN2O. The minimum atomic E-state index is 0. The van der Waals surface area contributed by atoms with Crippen LogP contribution in [0.15, 0.2) is 0 Å². The Labute approximate surface area is 62.0 Å². The quantitative estimate of drug-likeness (QED) is 0.400. The Hall–Kier alpha value is 0.170. The summed E-state index contributed by atoms with van der Waals surface area (Å²) in [7, 11) is 0. The topological polar surface area (TPSA) is 58.3 Å². The summed E-state index contributed by atoms with van der Waals surface area (Å²) in [4.78, 5) is 0. The average molecular weight is 155 g/mol. The molecular weight excluding hydrogens is 140 g/mol. The van der Waals surface area contributed by atoms with Crippen molar-refractivity contribution < 1.29 is 5.21 Å². The number of unbranched alkanes of at least 4 members (excludes halogenated alkanes) is 2. The fourth-order valence-corrected chi connectivity index (χ4v) is 0.525. The third kappa shape index (κ3) is 11.6. The minimum Gasteiger partial charge on any atom is -0.330 e. The highest BCUT2D eigenvalue weighted by Gasteiger charge is 1.83. The summed E-state index contributed by atoms with van der Waals surface area (Å²) >= 11 is 0. The third-order valence-electron chi connectivity index (χ3n) is 0.993. The van der Waals surface area contributed by atoms with Crippen molar-refractivity contribution in [2.45, 2.75) is 19.3 Å². The predicted molar refractivity (Wildman–Crippen MR) is 39.9 cm³/mol. The van der Waals surface area contributed by atoms with Crippen molar-refractivity contribution in [3.63, 3.8) is 0 Å². The van der Waals surface area contributed by atoms with Gasteiger partial charge in [0.2, 0.25) is 0 Å². The smallest absolute Gasteiger partial charge is 0.0207 e. The fourth-order valence-electron chi connectivity index (χ4n) is 0.525. The van der Waals surface area contributed by atoms with E-state index in [2.05, 4.69) is 5.48 Å². The van der Waals surface area contributed by atoms with E-state index in [1.807, 2.05) is 0 Å². The zero-order chi connectivity index (χ0) is 6.24. The van der Waals surface area contributed by atoms with Crippen molar-refractivity contribution in [1.82, 2.24) is 5.48 Å². The lowest BCUT2D eigenvalue weighted by molar-refractivity contribution is 0.165. The monoisotopic (exact) mass is 154 g/mol. The summed E-state index contributed by atoms with van der Waals surface area (Å²) in [6.45, 7) is 1.44. The highest BCUT2D eigenvalue weighted by atomic mass is 35.5. The molecule has 0 amide bonds. The normalized spacial score (nSPS) is 8.67. The molecule has 0 aromatic heterocycles. The SMILES string of the molecule is Cl.NCCCCCNO. The maximum absolute atomic E-state index is 8.08. The molecule has 0 aromatic carbocycles. The Balaban J connectivity index is 0. The second-order valence-corrected chi connectivity index (χ2v) is 1.76. The van der Waals surface area contributed by atoms with Gasteiger partial charge in [0.25, 0.3) is 0 Å². The molecule has 0 saturated heterocycles. The van der Waals surface area contributed by atoms with Crippen LogP contribution in [-0.2, 0) is 0 Å². The standard InChI is InChI=1S/C5H14N2O.ClH/c6-4-2-1-3-5-7-8;/h7-8H,1-6H2;1H. The van der Waals surface area contributed by atoms with Crippen molar-refractivity contribution in [2.24, 2.45) is 5.73 Å². The molecule has 0 unspecified atom stereocenters. The molecule has 0 heterocycles. The first-order chi connectivity index (χ1) is 3.91. The van der Waals surface area contributed by atoms with Gasteiger partial charge in [-0.3, -0.25) is 0 Å². The van der Waals surface area contributed by atoms with E-state index in [1.54, 1.807) is 0 Å². The van der Waals surface area contributed by atoms with Gasteiger partial charge in [-0.2, -0.15) is 0 Å². The van der Waals surface area contributed by atoms with E-state index in [0.717, 1.165) is 25.8 Å². The Morgan fingerprint density at radius 3 is 2.33 bits per heavy atom. The van der Waals surface area contributed by atoms with Crippen LogP contribution in [-0.4, -0.2) is 18.3 Å². The average Bonchev–Trinajstić information content (AvgIpc) is 1.81. The molecule has 3 nitrogen and oxygen atoms in total. The number of rotatable bonds is 5. The lowest BCUT2D eigenvalue weighted by Crippen LogP contribution is -2.09. The molecule has 0 saturated carbocycles. The molecule has 9 heavy (non-hydrogen) atoms. The van der Waals surface area contributed by atoms with E-state index in [-0.39, 0.29) is 12.4 Å². The second kappa shape index (κ2) is 11.0. The maximum atomic E-state index is 8.08. The fraction of sp³-hybridized carbons (Fsp3) is 1.00. The van der Waals surface area contributed by atoms with Crippen molar-refractivity contribution in [1.29, 1.82) is 0 Å². The van der Waals surface area contributed by atoms with Gasteiger partial charge in [0.1, 0.15) is 0 Å². The van der Waals surface area contributed by atoms with Gasteiger partial charge in [0, 0.05) is 6.54 Å². The van der Waals surface area contributed by atoms with Gasteiger partial charge in [-0.25, -0.2) is 5.48 Å². The first-order valence-electron chi connectivity index (χ1n) is 2.99. The summed E-state index contributed by atoms with van der Waals surface area (Å²) in [5.74, 6) is 0. The van der Waals surface area contributed by atoms with Crippen LogP contribution >= 0.6 is 12.4 Å². The van der Waals surface area contributed by atoms with Crippen LogP contribution in [0.2, 0.25) is 0 Å². The van der Waals surface area contributed by atoms with Gasteiger partial charge in [-0.05, 0) is 19.4 Å². The van der Waals surface area contributed by atoms with E-state index < -0.39 is 0 Å². The molecule has 0 fully saturated rings. The molecule has 0 atom stereocenters. The van der Waals surface area contributed by atoms with Crippen molar-refractivity contribution >= 4 is 12.4 Å². The molecule has 0 aliphatic rings. The number of hydrogen-bond acceptors (Lipinski definition) is 3. The van der Waals surface area contributed by atoms with Crippen molar-refractivity contribution in [2.75, 3.05) is 13.1 Å². The van der Waals surface area contributed by atoms with Crippen molar-refractivity contribution in [3.8, 4) is 0 Å². The van der Waals surface area contributed by atoms with E-state index in [9.17, 15) is 0 Å². The molecule has 0 bridgehead atoms. The Kier molecular flexibility index (Phi) is 14.6. The number of nitrogens with one attached hydrogen (secondary N) is 1. The number of halogens is 1. The largest absolute Gasteiger partial charge is 0.330 e. The zero-order valence-corrected chi connectivity index (χ0v) is 6.28. The van der Waals surface area contributed by atoms with Crippen LogP contribution < -0.4 is 11.2 Å². The highest BCUT2D eigenvalue weighted by molar-refractivity contribution is 5.85. The van der Waals surface area contributed by atoms with E-state index >= 15 is 0 Å². The van der Waals surface area contributed by atoms with Gasteiger partial charge in [-0.15, -0.1) is 12.4 Å². The Morgan fingerprint density at radius 1 is 1.22 bits per heavy atom. The van der Waals surface area contributed by atoms with Crippen LogP contribution in [0.4, 0.5) is 0 Å². The molecule has 0 aromatic rings. The molecule has 0 rings (SSSR count). The molecule has 0 spiro atoms. The molecule has 4 heteroatoms. The summed E-state index contributed by atoms with van der Waals surface area (Å²) in [6.07, 6.45) is 3.17. The van der Waals surface area contributed by atoms with Crippen LogP contribution in [0.5, 0.6) is 0 Å². The van der Waals surface area contributed by atoms with E-state index in [4.69, 9.17) is 10.9 Å². The van der Waals surface area contributed by atoms with Gasteiger partial charge in [-0.1, -0.05) is 6.42 Å². The third-order valence-corrected chi connectivity index (χ3v) is 0.993. The van der Waals surface area contributed by atoms with Crippen LogP contribution in [0.25, 0.3) is 0 Å². The molecule has 4 N–H and O–H groups in total. The predicted octanol–water partition coefficient (Wildman–Crippen LogP) is 0.516. The van der Waals surface area contributed by atoms with Crippen LogP contribution in [0.3, 0.4) is 0 Å². The highest BCUT2D eigenvalue weighted by Crippen LogP contribution is 1.89. The lowest BCUT2D eigenvalue weighted by Gasteiger charge is -1.94. The summed E-state index contributed by atoms with van der Waals surface area (Å²) in [5, 5.41) is 8.08. The van der Waals surface area contributed by atoms with Gasteiger partial charge in [0.15, 0.2) is 0 Å². The van der Waals surface area contributed by atoms with Gasteiger partial charge < -0.3 is 10.9 Å².